The predicted molar refractivity (Wildman–Crippen MR) is 64.7 cm³/mol. The van der Waals surface area contributed by atoms with Gasteiger partial charge >= 0.3 is 0 Å². The first-order valence-electron chi connectivity index (χ1n) is 5.12. The molecule has 0 aliphatic heterocycles. The van der Waals surface area contributed by atoms with Crippen LogP contribution in [-0.2, 0) is 5.41 Å². The lowest BCUT2D eigenvalue weighted by molar-refractivity contribution is 0.386. The van der Waals surface area contributed by atoms with Gasteiger partial charge in [-0.1, -0.05) is 13.8 Å². The Hall–Kier alpha value is -0.800. The second-order valence-electron chi connectivity index (χ2n) is 4.29. The number of ether oxygens (including phenoxy) is 1. The summed E-state index contributed by atoms with van der Waals surface area (Å²) in [6.07, 6.45) is 0. The zero-order valence-corrected chi connectivity index (χ0v) is 10.6. The molecule has 0 atom stereocenters. The average Bonchev–Trinajstić information content (AvgIpc) is 2.26. The highest BCUT2D eigenvalue weighted by Crippen LogP contribution is 2.31. The van der Waals surface area contributed by atoms with E-state index < -0.39 is 0 Å². The van der Waals surface area contributed by atoms with Gasteiger partial charge in [0.2, 0.25) is 0 Å². The Kier molecular flexibility index (Phi) is 4.56. The fourth-order valence-corrected chi connectivity index (χ4v) is 1.76. The van der Waals surface area contributed by atoms with Crippen LogP contribution in [0.5, 0.6) is 5.75 Å². The van der Waals surface area contributed by atoms with E-state index in [1.54, 1.807) is 13.2 Å². The molecule has 4 heteroatoms. The topological polar surface area (TPSA) is 21.3 Å². The second kappa shape index (κ2) is 5.51. The smallest absolute Gasteiger partial charge is 0.123 e. The summed E-state index contributed by atoms with van der Waals surface area (Å²) in [4.78, 5) is 0. The van der Waals surface area contributed by atoms with Crippen molar-refractivity contribution in [3.63, 3.8) is 0 Å². The number of benzene rings is 1. The van der Waals surface area contributed by atoms with Crippen molar-refractivity contribution in [2.75, 3.05) is 19.7 Å². The first kappa shape index (κ1) is 13.3. The summed E-state index contributed by atoms with van der Waals surface area (Å²) >= 11 is 5.58. The van der Waals surface area contributed by atoms with Gasteiger partial charge in [0.05, 0.1) is 13.1 Å². The van der Waals surface area contributed by atoms with Crippen molar-refractivity contribution >= 4 is 11.6 Å². The number of rotatable bonds is 5. The molecule has 1 aromatic rings. The van der Waals surface area contributed by atoms with Crippen LogP contribution in [0.1, 0.15) is 19.4 Å². The van der Waals surface area contributed by atoms with Crippen LogP contribution in [0.15, 0.2) is 18.2 Å². The molecule has 0 saturated heterocycles. The van der Waals surface area contributed by atoms with E-state index in [2.05, 4.69) is 5.32 Å². The molecule has 0 aliphatic rings. The zero-order chi connectivity index (χ0) is 12.2. The van der Waals surface area contributed by atoms with Gasteiger partial charge in [0, 0.05) is 17.5 Å². The lowest BCUT2D eigenvalue weighted by Gasteiger charge is -2.27. The Morgan fingerprint density at radius 3 is 2.69 bits per heavy atom. The second-order valence-corrected chi connectivity index (χ2v) is 4.56. The summed E-state index contributed by atoms with van der Waals surface area (Å²) in [7, 11) is 1.59. The molecule has 0 aliphatic carbocycles. The SMILES string of the molecule is COc1ccc(F)cc1C(C)(C)CNCCl. The van der Waals surface area contributed by atoms with Crippen LogP contribution in [0.3, 0.4) is 0 Å². The van der Waals surface area contributed by atoms with Gasteiger partial charge in [0.1, 0.15) is 11.6 Å². The minimum absolute atomic E-state index is 0.234. The summed E-state index contributed by atoms with van der Waals surface area (Å²) in [5.41, 5.74) is 0.607. The number of halogens is 2. The number of alkyl halides is 1. The standard InChI is InChI=1S/C12H17ClFNO/c1-12(2,7-15-8-13)10-6-9(14)4-5-11(10)16-3/h4-6,15H,7-8H2,1-3H3. The number of hydrogen-bond acceptors (Lipinski definition) is 2. The lowest BCUT2D eigenvalue weighted by Crippen LogP contribution is -2.32. The quantitative estimate of drug-likeness (QED) is 0.636. The maximum atomic E-state index is 13.2. The summed E-state index contributed by atoms with van der Waals surface area (Å²) in [5, 5.41) is 3.05. The molecule has 0 fully saturated rings. The summed E-state index contributed by atoms with van der Waals surface area (Å²) in [6.45, 7) is 4.70. The molecule has 0 unspecified atom stereocenters. The lowest BCUT2D eigenvalue weighted by atomic mass is 9.84. The Morgan fingerprint density at radius 1 is 1.44 bits per heavy atom. The van der Waals surface area contributed by atoms with E-state index in [-0.39, 0.29) is 11.2 Å². The van der Waals surface area contributed by atoms with Crippen LogP contribution in [0.4, 0.5) is 4.39 Å². The molecule has 0 amide bonds. The van der Waals surface area contributed by atoms with E-state index in [0.29, 0.717) is 18.3 Å². The molecule has 1 aromatic carbocycles. The van der Waals surface area contributed by atoms with Crippen LogP contribution >= 0.6 is 11.6 Å². The molecule has 90 valence electrons. The molecule has 1 N–H and O–H groups in total. The highest BCUT2D eigenvalue weighted by atomic mass is 35.5. The van der Waals surface area contributed by atoms with E-state index in [9.17, 15) is 4.39 Å². The van der Waals surface area contributed by atoms with Crippen LogP contribution in [0, 0.1) is 5.82 Å². The molecular weight excluding hydrogens is 229 g/mol. The van der Waals surface area contributed by atoms with Crippen LogP contribution < -0.4 is 10.1 Å². The average molecular weight is 246 g/mol. The maximum Gasteiger partial charge on any atom is 0.123 e. The van der Waals surface area contributed by atoms with E-state index in [0.717, 1.165) is 5.56 Å². The Balaban J connectivity index is 3.04. The minimum atomic E-state index is -0.255. The summed E-state index contributed by atoms with van der Waals surface area (Å²) in [5.74, 6) is 0.442. The van der Waals surface area contributed by atoms with Gasteiger partial charge < -0.3 is 10.1 Å². The van der Waals surface area contributed by atoms with Crippen molar-refractivity contribution < 1.29 is 9.13 Å². The van der Waals surface area contributed by atoms with Gasteiger partial charge in [-0.05, 0) is 18.2 Å². The Morgan fingerprint density at radius 2 is 2.12 bits per heavy atom. The number of nitrogens with one attached hydrogen (secondary N) is 1. The van der Waals surface area contributed by atoms with Gasteiger partial charge in [0.15, 0.2) is 0 Å². The molecule has 1 rings (SSSR count). The molecule has 0 saturated carbocycles. The number of hydrogen-bond donors (Lipinski definition) is 1. The molecule has 0 aromatic heterocycles. The van der Waals surface area contributed by atoms with Gasteiger partial charge in [-0.15, -0.1) is 11.6 Å². The van der Waals surface area contributed by atoms with E-state index >= 15 is 0 Å². The van der Waals surface area contributed by atoms with Gasteiger partial charge in [0.25, 0.3) is 0 Å². The van der Waals surface area contributed by atoms with Crippen molar-refractivity contribution in [2.24, 2.45) is 0 Å². The number of methoxy groups -OCH3 is 1. The monoisotopic (exact) mass is 245 g/mol. The molecule has 16 heavy (non-hydrogen) atoms. The first-order valence-corrected chi connectivity index (χ1v) is 5.65. The van der Waals surface area contributed by atoms with Crippen molar-refractivity contribution in [2.45, 2.75) is 19.3 Å². The third-order valence-corrected chi connectivity index (χ3v) is 2.74. The minimum Gasteiger partial charge on any atom is -0.496 e. The van der Waals surface area contributed by atoms with Gasteiger partial charge in [-0.25, -0.2) is 4.39 Å². The highest BCUT2D eigenvalue weighted by molar-refractivity contribution is 6.17. The maximum absolute atomic E-state index is 13.2. The predicted octanol–water partition coefficient (Wildman–Crippen LogP) is 2.90. The highest BCUT2D eigenvalue weighted by Gasteiger charge is 2.24. The molecule has 0 radical (unpaired) electrons. The van der Waals surface area contributed by atoms with Crippen LogP contribution in [0.2, 0.25) is 0 Å². The molecule has 0 spiro atoms. The van der Waals surface area contributed by atoms with E-state index in [1.165, 1.54) is 12.1 Å². The van der Waals surface area contributed by atoms with Crippen molar-refractivity contribution in [3.8, 4) is 5.75 Å². The van der Waals surface area contributed by atoms with Crippen molar-refractivity contribution in [3.05, 3.63) is 29.6 Å². The van der Waals surface area contributed by atoms with Crippen molar-refractivity contribution in [1.82, 2.24) is 5.32 Å². The van der Waals surface area contributed by atoms with Crippen LogP contribution in [-0.4, -0.2) is 19.7 Å². The zero-order valence-electron chi connectivity index (χ0n) is 9.81. The summed E-state index contributed by atoms with van der Waals surface area (Å²) in [6, 6.07) is 4.93. The molecule has 0 bridgehead atoms. The van der Waals surface area contributed by atoms with Gasteiger partial charge in [-0.3, -0.25) is 0 Å². The summed E-state index contributed by atoms with van der Waals surface area (Å²) < 4.78 is 18.5. The molecular formula is C12H17ClFNO. The van der Waals surface area contributed by atoms with Crippen LogP contribution in [0.25, 0.3) is 0 Å². The Labute approximate surface area is 101 Å². The Bertz CT molecular complexity index is 355. The van der Waals surface area contributed by atoms with E-state index in [1.807, 2.05) is 13.8 Å². The van der Waals surface area contributed by atoms with E-state index in [4.69, 9.17) is 16.3 Å². The third kappa shape index (κ3) is 3.09. The van der Waals surface area contributed by atoms with Crippen molar-refractivity contribution in [1.29, 1.82) is 0 Å². The third-order valence-electron chi connectivity index (χ3n) is 2.55. The molecule has 0 heterocycles. The fourth-order valence-electron chi connectivity index (χ4n) is 1.66. The molecule has 2 nitrogen and oxygen atoms in total. The first-order chi connectivity index (χ1) is 7.51. The van der Waals surface area contributed by atoms with Gasteiger partial charge in [-0.2, -0.15) is 0 Å². The largest absolute Gasteiger partial charge is 0.496 e. The fraction of sp³-hybridized carbons (Fsp3) is 0.500. The normalized spacial score (nSPS) is 11.6.